The van der Waals surface area contributed by atoms with E-state index in [-0.39, 0.29) is 18.6 Å². The Bertz CT molecular complexity index is 724. The highest BCUT2D eigenvalue weighted by atomic mass is 79.9. The Hall–Kier alpha value is -1.59. The topological polar surface area (TPSA) is 55.6 Å². The molecule has 1 aliphatic heterocycles. The lowest BCUT2D eigenvalue weighted by Crippen LogP contribution is -2.44. The summed E-state index contributed by atoms with van der Waals surface area (Å²) in [6.45, 7) is 3.69. The van der Waals surface area contributed by atoms with Gasteiger partial charge in [-0.25, -0.2) is 0 Å². The number of hydrogen-bond acceptors (Lipinski definition) is 3. The Kier molecular flexibility index (Phi) is 5.41. The van der Waals surface area contributed by atoms with Crippen molar-refractivity contribution in [3.05, 3.63) is 40.9 Å². The van der Waals surface area contributed by atoms with Crippen molar-refractivity contribution in [2.75, 3.05) is 19.7 Å². The van der Waals surface area contributed by atoms with Crippen LogP contribution in [0.2, 0.25) is 0 Å². The van der Waals surface area contributed by atoms with Gasteiger partial charge in [-0.1, -0.05) is 28.1 Å². The third-order valence-electron chi connectivity index (χ3n) is 4.77. The second kappa shape index (κ2) is 7.53. The number of likely N-dealkylation sites (tertiary alicyclic amines) is 1. The van der Waals surface area contributed by atoms with Gasteiger partial charge in [-0.15, -0.1) is 0 Å². The van der Waals surface area contributed by atoms with Gasteiger partial charge in [0.1, 0.15) is 5.75 Å². The highest BCUT2D eigenvalue weighted by Gasteiger charge is 2.24. The maximum absolute atomic E-state index is 12.3. The first kappa shape index (κ1) is 17.2. The van der Waals surface area contributed by atoms with Gasteiger partial charge < -0.3 is 15.4 Å². The van der Waals surface area contributed by atoms with Crippen LogP contribution in [0, 0.1) is 5.92 Å². The summed E-state index contributed by atoms with van der Waals surface area (Å²) in [4.78, 5) is 14.2. The fourth-order valence-corrected chi connectivity index (χ4v) is 3.57. The molecule has 2 aromatic carbocycles. The zero-order chi connectivity index (χ0) is 17.1. The van der Waals surface area contributed by atoms with E-state index in [9.17, 15) is 4.79 Å². The number of hydrogen-bond donors (Lipinski definition) is 1. The summed E-state index contributed by atoms with van der Waals surface area (Å²) in [5.74, 6) is 1.30. The van der Waals surface area contributed by atoms with Crippen LogP contribution in [-0.2, 0) is 4.79 Å². The van der Waals surface area contributed by atoms with E-state index in [4.69, 9.17) is 10.5 Å². The van der Waals surface area contributed by atoms with E-state index in [0.29, 0.717) is 5.92 Å². The molecule has 3 rings (SSSR count). The molecule has 0 bridgehead atoms. The predicted molar refractivity (Wildman–Crippen MR) is 100 cm³/mol. The van der Waals surface area contributed by atoms with E-state index in [2.05, 4.69) is 22.0 Å². The van der Waals surface area contributed by atoms with Crippen molar-refractivity contribution in [1.82, 2.24) is 4.90 Å². The zero-order valence-electron chi connectivity index (χ0n) is 13.9. The Labute approximate surface area is 151 Å². The van der Waals surface area contributed by atoms with Crippen LogP contribution in [-0.4, -0.2) is 36.5 Å². The molecule has 0 aliphatic carbocycles. The van der Waals surface area contributed by atoms with E-state index in [0.717, 1.165) is 46.9 Å². The van der Waals surface area contributed by atoms with Gasteiger partial charge in [-0.05, 0) is 60.7 Å². The molecule has 1 fully saturated rings. The normalized spacial score (nSPS) is 17.0. The highest BCUT2D eigenvalue weighted by Crippen LogP contribution is 2.24. The molecule has 1 saturated heterocycles. The van der Waals surface area contributed by atoms with Crippen LogP contribution in [0.3, 0.4) is 0 Å². The molecule has 1 aliphatic rings. The van der Waals surface area contributed by atoms with E-state index in [1.807, 2.05) is 42.2 Å². The number of piperidine rings is 1. The first-order valence-corrected chi connectivity index (χ1v) is 9.18. The zero-order valence-corrected chi connectivity index (χ0v) is 15.5. The van der Waals surface area contributed by atoms with Gasteiger partial charge in [0.15, 0.2) is 6.61 Å². The Morgan fingerprint density at radius 3 is 2.62 bits per heavy atom. The molecule has 1 heterocycles. The molecule has 1 unspecified atom stereocenters. The van der Waals surface area contributed by atoms with Crippen LogP contribution in [0.4, 0.5) is 0 Å². The number of fused-ring (bicyclic) bond motifs is 1. The van der Waals surface area contributed by atoms with Crippen molar-refractivity contribution < 1.29 is 9.53 Å². The number of ether oxygens (including phenoxy) is 1. The quantitative estimate of drug-likeness (QED) is 0.867. The number of rotatable bonds is 4. The molecule has 0 radical (unpaired) electrons. The molecule has 128 valence electrons. The lowest BCUT2D eigenvalue weighted by Gasteiger charge is -2.33. The fraction of sp³-hybridized carbons (Fsp3) is 0.421. The van der Waals surface area contributed by atoms with Crippen LogP contribution in [0.1, 0.15) is 19.8 Å². The van der Waals surface area contributed by atoms with Crippen molar-refractivity contribution >= 4 is 32.6 Å². The minimum absolute atomic E-state index is 0.0500. The standard InChI is InChI=1S/C19H23BrN2O2/c1-13(21)14-6-8-22(9-7-14)19(23)12-24-18-5-3-15-10-17(20)4-2-16(15)11-18/h2-5,10-11,13-14H,6-9,12,21H2,1H3. The summed E-state index contributed by atoms with van der Waals surface area (Å²) in [6, 6.07) is 12.2. The number of benzene rings is 2. The van der Waals surface area contributed by atoms with Crippen LogP contribution < -0.4 is 10.5 Å². The van der Waals surface area contributed by atoms with Crippen LogP contribution in [0.5, 0.6) is 5.75 Å². The molecule has 2 aromatic rings. The highest BCUT2D eigenvalue weighted by molar-refractivity contribution is 9.10. The summed E-state index contributed by atoms with van der Waals surface area (Å²) >= 11 is 3.47. The first-order chi connectivity index (χ1) is 11.5. The molecule has 0 saturated carbocycles. The average Bonchev–Trinajstić information content (AvgIpc) is 2.59. The summed E-state index contributed by atoms with van der Waals surface area (Å²) in [5, 5.41) is 2.24. The lowest BCUT2D eigenvalue weighted by atomic mass is 9.91. The van der Waals surface area contributed by atoms with Gasteiger partial charge in [-0.3, -0.25) is 4.79 Å². The molecule has 5 heteroatoms. The molecular weight excluding hydrogens is 368 g/mol. The van der Waals surface area contributed by atoms with E-state index in [1.54, 1.807) is 0 Å². The van der Waals surface area contributed by atoms with Crippen LogP contribution in [0.25, 0.3) is 10.8 Å². The molecule has 24 heavy (non-hydrogen) atoms. The molecular formula is C19H23BrN2O2. The average molecular weight is 391 g/mol. The smallest absolute Gasteiger partial charge is 0.260 e. The van der Waals surface area contributed by atoms with Crippen molar-refractivity contribution in [3.63, 3.8) is 0 Å². The number of carbonyl (C=O) groups is 1. The number of nitrogens with two attached hydrogens (primary N) is 1. The fourth-order valence-electron chi connectivity index (χ4n) is 3.20. The third-order valence-corrected chi connectivity index (χ3v) is 5.27. The number of halogens is 1. The van der Waals surface area contributed by atoms with Gasteiger partial charge in [0, 0.05) is 23.6 Å². The van der Waals surface area contributed by atoms with Crippen molar-refractivity contribution in [3.8, 4) is 5.75 Å². The third kappa shape index (κ3) is 4.08. The maximum atomic E-state index is 12.3. The lowest BCUT2D eigenvalue weighted by molar-refractivity contribution is -0.134. The van der Waals surface area contributed by atoms with Gasteiger partial charge in [-0.2, -0.15) is 0 Å². The second-order valence-electron chi connectivity index (χ2n) is 6.52. The number of amides is 1. The molecule has 1 amide bonds. The minimum atomic E-state index is 0.0500. The van der Waals surface area contributed by atoms with Gasteiger partial charge >= 0.3 is 0 Å². The first-order valence-electron chi connectivity index (χ1n) is 8.38. The van der Waals surface area contributed by atoms with E-state index >= 15 is 0 Å². The molecule has 0 aromatic heterocycles. The van der Waals surface area contributed by atoms with Crippen LogP contribution >= 0.6 is 15.9 Å². The molecule has 0 spiro atoms. The molecule has 1 atom stereocenters. The predicted octanol–water partition coefficient (Wildman–Crippen LogP) is 3.57. The van der Waals surface area contributed by atoms with E-state index < -0.39 is 0 Å². The van der Waals surface area contributed by atoms with Crippen molar-refractivity contribution in [1.29, 1.82) is 0 Å². The van der Waals surface area contributed by atoms with Gasteiger partial charge in [0.25, 0.3) is 5.91 Å². The monoisotopic (exact) mass is 390 g/mol. The van der Waals surface area contributed by atoms with E-state index in [1.165, 1.54) is 0 Å². The number of carbonyl (C=O) groups excluding carboxylic acids is 1. The summed E-state index contributed by atoms with van der Waals surface area (Å²) < 4.78 is 6.76. The largest absolute Gasteiger partial charge is 0.484 e. The molecule has 4 nitrogen and oxygen atoms in total. The van der Waals surface area contributed by atoms with Crippen LogP contribution in [0.15, 0.2) is 40.9 Å². The van der Waals surface area contributed by atoms with Gasteiger partial charge in [0.2, 0.25) is 0 Å². The summed E-state index contributed by atoms with van der Waals surface area (Å²) in [5.41, 5.74) is 5.95. The van der Waals surface area contributed by atoms with Crippen molar-refractivity contribution in [2.24, 2.45) is 11.7 Å². The molecule has 2 N–H and O–H groups in total. The summed E-state index contributed by atoms with van der Waals surface area (Å²) in [6.07, 6.45) is 1.96. The Balaban J connectivity index is 1.56. The van der Waals surface area contributed by atoms with Gasteiger partial charge in [0.05, 0.1) is 0 Å². The number of nitrogens with zero attached hydrogens (tertiary/aromatic N) is 1. The Morgan fingerprint density at radius 2 is 1.92 bits per heavy atom. The second-order valence-corrected chi connectivity index (χ2v) is 7.43. The Morgan fingerprint density at radius 1 is 1.25 bits per heavy atom. The summed E-state index contributed by atoms with van der Waals surface area (Å²) in [7, 11) is 0. The minimum Gasteiger partial charge on any atom is -0.484 e. The SMILES string of the molecule is CC(N)C1CCN(C(=O)COc2ccc3cc(Br)ccc3c2)CC1. The maximum Gasteiger partial charge on any atom is 0.260 e. The van der Waals surface area contributed by atoms with Crippen molar-refractivity contribution in [2.45, 2.75) is 25.8 Å².